The number of carbonyl (C=O) groups is 1. The molecule has 2 aromatic heterocycles. The number of amides is 1. The first-order valence-corrected chi connectivity index (χ1v) is 6.66. The molecule has 0 atom stereocenters. The van der Waals surface area contributed by atoms with Gasteiger partial charge in [0.25, 0.3) is 0 Å². The molecule has 3 aromatic rings. The van der Waals surface area contributed by atoms with E-state index in [2.05, 4.69) is 10.3 Å². The lowest BCUT2D eigenvalue weighted by Gasteiger charge is -2.03. The Morgan fingerprint density at radius 2 is 2.14 bits per heavy atom. The molecule has 1 N–H and O–H groups in total. The fraction of sp³-hybridized carbons (Fsp3) is 0.0667. The molecule has 4 nitrogen and oxygen atoms in total. The van der Waals surface area contributed by atoms with Crippen LogP contribution in [-0.4, -0.2) is 15.3 Å². The number of carbonyl (C=O) groups excluding carboxylic acids is 1. The number of hydrogen-bond donors (Lipinski definition) is 1. The zero-order valence-corrected chi connectivity index (χ0v) is 11.6. The Kier molecular flexibility index (Phi) is 3.58. The lowest BCUT2D eigenvalue weighted by Crippen LogP contribution is -2.14. The monoisotopic (exact) mass is 303 g/mol. The highest BCUT2D eigenvalue weighted by atomic mass is 35.5. The van der Waals surface area contributed by atoms with Gasteiger partial charge in [0.1, 0.15) is 11.5 Å². The van der Waals surface area contributed by atoms with Crippen molar-refractivity contribution in [1.82, 2.24) is 9.38 Å². The predicted molar refractivity (Wildman–Crippen MR) is 78.9 cm³/mol. The van der Waals surface area contributed by atoms with Crippen molar-refractivity contribution in [2.24, 2.45) is 0 Å². The van der Waals surface area contributed by atoms with Crippen LogP contribution in [0.1, 0.15) is 5.69 Å². The Morgan fingerprint density at radius 3 is 2.95 bits per heavy atom. The highest BCUT2D eigenvalue weighted by molar-refractivity contribution is 6.30. The maximum atomic E-state index is 13.0. The van der Waals surface area contributed by atoms with Gasteiger partial charge in [0, 0.05) is 18.1 Å². The molecule has 1 aromatic carbocycles. The van der Waals surface area contributed by atoms with E-state index in [9.17, 15) is 9.18 Å². The SMILES string of the molecule is O=C(Cc1cn2cc(Cl)ccc2n1)Nc1cccc(F)c1. The Hall–Kier alpha value is -2.40. The average Bonchev–Trinajstić information content (AvgIpc) is 2.79. The molecule has 106 valence electrons. The third-order valence-electron chi connectivity index (χ3n) is 2.91. The summed E-state index contributed by atoms with van der Waals surface area (Å²) >= 11 is 5.89. The van der Waals surface area contributed by atoms with E-state index < -0.39 is 5.82 Å². The van der Waals surface area contributed by atoms with E-state index in [1.54, 1.807) is 35.0 Å². The van der Waals surface area contributed by atoms with Crippen LogP contribution in [0, 0.1) is 5.82 Å². The molecule has 1 amide bonds. The first-order chi connectivity index (χ1) is 10.1. The second kappa shape index (κ2) is 5.54. The van der Waals surface area contributed by atoms with E-state index in [1.807, 2.05) is 0 Å². The molecule has 2 heterocycles. The minimum Gasteiger partial charge on any atom is -0.326 e. The van der Waals surface area contributed by atoms with Gasteiger partial charge in [-0.2, -0.15) is 0 Å². The summed E-state index contributed by atoms with van der Waals surface area (Å²) in [5, 5.41) is 3.23. The number of fused-ring (bicyclic) bond motifs is 1. The van der Waals surface area contributed by atoms with Gasteiger partial charge in [0.15, 0.2) is 0 Å². The fourth-order valence-electron chi connectivity index (χ4n) is 2.04. The van der Waals surface area contributed by atoms with Crippen molar-refractivity contribution < 1.29 is 9.18 Å². The van der Waals surface area contributed by atoms with Crippen molar-refractivity contribution >= 4 is 28.8 Å². The number of halogens is 2. The van der Waals surface area contributed by atoms with Gasteiger partial charge in [-0.05, 0) is 30.3 Å². The summed E-state index contributed by atoms with van der Waals surface area (Å²) < 4.78 is 14.8. The standard InChI is InChI=1S/C15H11ClFN3O/c16-10-4-5-14-18-13(9-20(14)8-10)7-15(21)19-12-3-1-2-11(17)6-12/h1-6,8-9H,7H2,(H,19,21). The quantitative estimate of drug-likeness (QED) is 0.807. The molecule has 0 unspecified atom stereocenters. The molecule has 0 aliphatic carbocycles. The van der Waals surface area contributed by atoms with Gasteiger partial charge >= 0.3 is 0 Å². The number of pyridine rings is 1. The highest BCUT2D eigenvalue weighted by Crippen LogP contribution is 2.13. The maximum absolute atomic E-state index is 13.0. The Balaban J connectivity index is 1.74. The number of nitrogens with zero attached hydrogens (tertiary/aromatic N) is 2. The number of imidazole rings is 1. The number of aromatic nitrogens is 2. The molecule has 0 saturated carbocycles. The van der Waals surface area contributed by atoms with E-state index in [4.69, 9.17) is 11.6 Å². The summed E-state index contributed by atoms with van der Waals surface area (Å²) in [4.78, 5) is 16.3. The van der Waals surface area contributed by atoms with E-state index >= 15 is 0 Å². The maximum Gasteiger partial charge on any atom is 0.230 e. The molecular formula is C15H11ClFN3O. The Labute approximate surface area is 125 Å². The molecule has 21 heavy (non-hydrogen) atoms. The van der Waals surface area contributed by atoms with Crippen molar-refractivity contribution in [3.63, 3.8) is 0 Å². The van der Waals surface area contributed by atoms with Crippen molar-refractivity contribution in [2.75, 3.05) is 5.32 Å². The van der Waals surface area contributed by atoms with Crippen molar-refractivity contribution in [3.05, 3.63) is 65.3 Å². The van der Waals surface area contributed by atoms with Crippen molar-refractivity contribution in [2.45, 2.75) is 6.42 Å². The smallest absolute Gasteiger partial charge is 0.230 e. The van der Waals surface area contributed by atoms with Gasteiger partial charge < -0.3 is 9.72 Å². The molecule has 0 radical (unpaired) electrons. The largest absolute Gasteiger partial charge is 0.326 e. The van der Waals surface area contributed by atoms with Crippen LogP contribution in [0.2, 0.25) is 5.02 Å². The molecule has 0 aliphatic heterocycles. The molecule has 0 aliphatic rings. The van der Waals surface area contributed by atoms with Gasteiger partial charge in [0.2, 0.25) is 5.91 Å². The van der Waals surface area contributed by atoms with Crippen LogP contribution in [0.3, 0.4) is 0 Å². The van der Waals surface area contributed by atoms with Gasteiger partial charge in [-0.1, -0.05) is 17.7 Å². The lowest BCUT2D eigenvalue weighted by atomic mass is 10.2. The van der Waals surface area contributed by atoms with Crippen molar-refractivity contribution in [3.8, 4) is 0 Å². The summed E-state index contributed by atoms with van der Waals surface area (Å²) in [5.74, 6) is -0.648. The third kappa shape index (κ3) is 3.20. The molecule has 0 saturated heterocycles. The van der Waals surface area contributed by atoms with Crippen LogP contribution in [0.4, 0.5) is 10.1 Å². The van der Waals surface area contributed by atoms with Crippen LogP contribution >= 0.6 is 11.6 Å². The first kappa shape index (κ1) is 13.6. The summed E-state index contributed by atoms with van der Waals surface area (Å²) in [7, 11) is 0. The molecule has 0 fully saturated rings. The fourth-order valence-corrected chi connectivity index (χ4v) is 2.21. The number of hydrogen-bond acceptors (Lipinski definition) is 2. The van der Waals surface area contributed by atoms with E-state index in [0.29, 0.717) is 22.1 Å². The van der Waals surface area contributed by atoms with E-state index in [0.717, 1.165) is 0 Å². The van der Waals surface area contributed by atoms with Gasteiger partial charge in [-0.25, -0.2) is 9.37 Å². The van der Waals surface area contributed by atoms with Crippen LogP contribution in [0.5, 0.6) is 0 Å². The Morgan fingerprint density at radius 1 is 1.29 bits per heavy atom. The molecular weight excluding hydrogens is 293 g/mol. The van der Waals surface area contributed by atoms with Crippen LogP contribution < -0.4 is 5.32 Å². The van der Waals surface area contributed by atoms with Gasteiger partial charge in [0.05, 0.1) is 17.1 Å². The van der Waals surface area contributed by atoms with Crippen LogP contribution in [0.25, 0.3) is 5.65 Å². The average molecular weight is 304 g/mol. The number of benzene rings is 1. The minimum absolute atomic E-state index is 0.107. The zero-order chi connectivity index (χ0) is 14.8. The molecule has 6 heteroatoms. The molecule has 0 bridgehead atoms. The summed E-state index contributed by atoms with van der Waals surface area (Å²) in [5.41, 5.74) is 1.76. The number of rotatable bonds is 3. The van der Waals surface area contributed by atoms with Crippen LogP contribution in [0.15, 0.2) is 48.8 Å². The van der Waals surface area contributed by atoms with Crippen molar-refractivity contribution in [1.29, 1.82) is 0 Å². The Bertz CT molecular complexity index is 816. The van der Waals surface area contributed by atoms with Gasteiger partial charge in [-0.15, -0.1) is 0 Å². The summed E-state index contributed by atoms with van der Waals surface area (Å²) in [6.07, 6.45) is 3.57. The number of nitrogens with one attached hydrogen (secondary N) is 1. The topological polar surface area (TPSA) is 46.4 Å². The normalized spacial score (nSPS) is 10.8. The number of anilines is 1. The lowest BCUT2D eigenvalue weighted by molar-refractivity contribution is -0.115. The second-order valence-corrected chi connectivity index (χ2v) is 5.02. The third-order valence-corrected chi connectivity index (χ3v) is 3.14. The predicted octanol–water partition coefficient (Wildman–Crippen LogP) is 3.31. The highest BCUT2D eigenvalue weighted by Gasteiger charge is 2.08. The molecule has 0 spiro atoms. The van der Waals surface area contributed by atoms with Crippen LogP contribution in [-0.2, 0) is 11.2 Å². The van der Waals surface area contributed by atoms with E-state index in [-0.39, 0.29) is 12.3 Å². The summed E-state index contributed by atoms with van der Waals surface area (Å²) in [6.45, 7) is 0. The first-order valence-electron chi connectivity index (χ1n) is 6.29. The second-order valence-electron chi connectivity index (χ2n) is 4.58. The summed E-state index contributed by atoms with van der Waals surface area (Å²) in [6, 6.07) is 9.27. The minimum atomic E-state index is -0.393. The zero-order valence-electron chi connectivity index (χ0n) is 10.9. The van der Waals surface area contributed by atoms with E-state index in [1.165, 1.54) is 18.2 Å². The van der Waals surface area contributed by atoms with Gasteiger partial charge in [-0.3, -0.25) is 4.79 Å². The molecule has 3 rings (SSSR count).